The molecule has 0 bridgehead atoms. The topological polar surface area (TPSA) is 72.3 Å². The molecule has 1 heterocycles. The predicted molar refractivity (Wildman–Crippen MR) is 58.5 cm³/mol. The molecule has 0 fully saturated rings. The van der Waals surface area contributed by atoms with Gasteiger partial charge in [0.1, 0.15) is 17.4 Å². The number of aromatic nitrogens is 2. The van der Waals surface area contributed by atoms with Gasteiger partial charge in [0.05, 0.1) is 0 Å². The Morgan fingerprint density at radius 3 is 2.44 bits per heavy atom. The van der Waals surface area contributed by atoms with E-state index in [0.29, 0.717) is 0 Å². The van der Waals surface area contributed by atoms with Gasteiger partial charge in [-0.15, -0.1) is 0 Å². The van der Waals surface area contributed by atoms with Crippen molar-refractivity contribution in [2.45, 2.75) is 26.4 Å². The predicted octanol–water partition coefficient (Wildman–Crippen LogP) is 2.46. The third kappa shape index (κ3) is 2.98. The highest BCUT2D eigenvalue weighted by Gasteiger charge is 2.25. The molecule has 5 nitrogen and oxygen atoms in total. The van der Waals surface area contributed by atoms with E-state index in [2.05, 4.69) is 9.97 Å². The molecule has 0 aliphatic rings. The van der Waals surface area contributed by atoms with Gasteiger partial charge in [0, 0.05) is 13.3 Å². The monoisotopic (exact) mass is 260 g/mol. The van der Waals surface area contributed by atoms with E-state index in [1.807, 2.05) is 13.8 Å². The van der Waals surface area contributed by atoms with Crippen LogP contribution < -0.4 is 0 Å². The van der Waals surface area contributed by atoms with Crippen LogP contribution in [-0.2, 0) is 4.74 Å². The molecule has 1 N–H and O–H groups in total. The number of carboxylic acids is 1. The smallest absolute Gasteiger partial charge is 0.339 e. The van der Waals surface area contributed by atoms with Crippen molar-refractivity contribution in [3.05, 3.63) is 23.3 Å². The summed E-state index contributed by atoms with van der Waals surface area (Å²) >= 11 is 0. The number of alkyl halides is 2. The fourth-order valence-electron chi connectivity index (χ4n) is 1.55. The Bertz CT molecular complexity index is 438. The molecule has 1 rings (SSSR count). The van der Waals surface area contributed by atoms with Crippen LogP contribution in [0.25, 0.3) is 0 Å². The first kappa shape index (κ1) is 14.4. The van der Waals surface area contributed by atoms with Crippen molar-refractivity contribution in [3.63, 3.8) is 0 Å². The number of halogens is 2. The van der Waals surface area contributed by atoms with Crippen LogP contribution in [0, 0.1) is 5.92 Å². The van der Waals surface area contributed by atoms with Crippen molar-refractivity contribution in [1.29, 1.82) is 0 Å². The zero-order valence-electron chi connectivity index (χ0n) is 10.2. The van der Waals surface area contributed by atoms with E-state index in [1.54, 1.807) is 0 Å². The SMILES string of the molecule is COC(c1ncc(C(=O)O)c(C(F)F)n1)C(C)C. The molecule has 1 atom stereocenters. The van der Waals surface area contributed by atoms with Gasteiger partial charge in [-0.3, -0.25) is 0 Å². The van der Waals surface area contributed by atoms with Crippen LogP contribution in [0.4, 0.5) is 8.78 Å². The van der Waals surface area contributed by atoms with Gasteiger partial charge in [-0.05, 0) is 5.92 Å². The minimum atomic E-state index is -2.97. The van der Waals surface area contributed by atoms with Gasteiger partial charge in [0.15, 0.2) is 5.82 Å². The highest BCUT2D eigenvalue weighted by molar-refractivity contribution is 5.88. The average molecular weight is 260 g/mol. The second-order valence-electron chi connectivity index (χ2n) is 4.03. The van der Waals surface area contributed by atoms with Gasteiger partial charge in [-0.2, -0.15) is 0 Å². The van der Waals surface area contributed by atoms with Crippen LogP contribution in [0.1, 0.15) is 48.3 Å². The molecule has 1 unspecified atom stereocenters. The Hall–Kier alpha value is -1.63. The van der Waals surface area contributed by atoms with Gasteiger partial charge in [-0.25, -0.2) is 23.5 Å². The molecule has 0 saturated carbocycles. The molecule has 0 radical (unpaired) electrons. The summed E-state index contributed by atoms with van der Waals surface area (Å²) in [5, 5.41) is 8.77. The first-order valence-electron chi connectivity index (χ1n) is 5.29. The third-order valence-corrected chi connectivity index (χ3v) is 2.39. The zero-order chi connectivity index (χ0) is 13.9. The lowest BCUT2D eigenvalue weighted by Gasteiger charge is -2.18. The lowest BCUT2D eigenvalue weighted by Crippen LogP contribution is -2.16. The summed E-state index contributed by atoms with van der Waals surface area (Å²) in [5.74, 6) is -1.43. The van der Waals surface area contributed by atoms with E-state index in [9.17, 15) is 13.6 Å². The van der Waals surface area contributed by atoms with Gasteiger partial charge < -0.3 is 9.84 Å². The van der Waals surface area contributed by atoms with Crippen molar-refractivity contribution in [2.75, 3.05) is 7.11 Å². The Balaban J connectivity index is 3.26. The molecule has 0 saturated heterocycles. The standard InChI is InChI=1S/C11H14F2N2O3/c1-5(2)8(18-3)10-14-4-6(11(16)17)7(15-10)9(12)13/h4-5,8-9H,1-3H3,(H,16,17). The van der Waals surface area contributed by atoms with Crippen LogP contribution in [0.5, 0.6) is 0 Å². The number of aromatic carboxylic acids is 1. The van der Waals surface area contributed by atoms with E-state index >= 15 is 0 Å². The van der Waals surface area contributed by atoms with Crippen molar-refractivity contribution in [2.24, 2.45) is 5.92 Å². The maximum absolute atomic E-state index is 12.7. The van der Waals surface area contributed by atoms with E-state index in [4.69, 9.17) is 9.84 Å². The zero-order valence-corrected chi connectivity index (χ0v) is 10.2. The van der Waals surface area contributed by atoms with Crippen molar-refractivity contribution >= 4 is 5.97 Å². The summed E-state index contributed by atoms with van der Waals surface area (Å²) in [6, 6.07) is 0. The number of hydrogen-bond acceptors (Lipinski definition) is 4. The van der Waals surface area contributed by atoms with Gasteiger partial charge in [-0.1, -0.05) is 13.8 Å². The second-order valence-corrected chi connectivity index (χ2v) is 4.03. The van der Waals surface area contributed by atoms with Crippen molar-refractivity contribution in [3.8, 4) is 0 Å². The van der Waals surface area contributed by atoms with Crippen LogP contribution in [0.15, 0.2) is 6.20 Å². The molecule has 18 heavy (non-hydrogen) atoms. The average Bonchev–Trinajstić information content (AvgIpc) is 2.28. The molecule has 7 heteroatoms. The highest BCUT2D eigenvalue weighted by Crippen LogP contribution is 2.26. The Morgan fingerprint density at radius 1 is 1.44 bits per heavy atom. The maximum atomic E-state index is 12.7. The molecule has 1 aromatic rings. The molecule has 1 aromatic heterocycles. The number of rotatable bonds is 5. The molecular weight excluding hydrogens is 246 g/mol. The summed E-state index contributed by atoms with van der Waals surface area (Å²) in [6.07, 6.45) is -2.63. The van der Waals surface area contributed by atoms with Crippen LogP contribution in [0.2, 0.25) is 0 Å². The minimum Gasteiger partial charge on any atom is -0.478 e. The number of methoxy groups -OCH3 is 1. The summed E-state index contributed by atoms with van der Waals surface area (Å²) in [4.78, 5) is 18.2. The van der Waals surface area contributed by atoms with E-state index in [1.165, 1.54) is 7.11 Å². The van der Waals surface area contributed by atoms with E-state index in [0.717, 1.165) is 6.20 Å². The lowest BCUT2D eigenvalue weighted by molar-refractivity contribution is 0.0553. The molecule has 0 spiro atoms. The molecule has 100 valence electrons. The van der Waals surface area contributed by atoms with E-state index in [-0.39, 0.29) is 11.7 Å². The second kappa shape index (κ2) is 5.81. The largest absolute Gasteiger partial charge is 0.478 e. The fraction of sp³-hybridized carbons (Fsp3) is 0.545. The minimum absolute atomic E-state index is 0.0174. The first-order valence-corrected chi connectivity index (χ1v) is 5.29. The van der Waals surface area contributed by atoms with Gasteiger partial charge >= 0.3 is 5.97 Å². The molecular formula is C11H14F2N2O3. The van der Waals surface area contributed by atoms with Gasteiger partial charge in [0.25, 0.3) is 6.43 Å². The fourth-order valence-corrected chi connectivity index (χ4v) is 1.55. The van der Waals surface area contributed by atoms with Crippen molar-refractivity contribution in [1.82, 2.24) is 9.97 Å². The molecule has 0 aromatic carbocycles. The Kier molecular flexibility index (Phi) is 4.66. The number of hydrogen-bond donors (Lipinski definition) is 1. The number of carbonyl (C=O) groups is 1. The normalized spacial score (nSPS) is 13.1. The van der Waals surface area contributed by atoms with Crippen LogP contribution in [-0.4, -0.2) is 28.2 Å². The molecule has 0 aliphatic heterocycles. The third-order valence-electron chi connectivity index (χ3n) is 2.39. The molecule has 0 amide bonds. The van der Waals surface area contributed by atoms with Crippen LogP contribution >= 0.6 is 0 Å². The lowest BCUT2D eigenvalue weighted by atomic mass is 10.1. The van der Waals surface area contributed by atoms with E-state index < -0.39 is 29.8 Å². The maximum Gasteiger partial charge on any atom is 0.339 e. The Labute approximate surface area is 103 Å². The van der Waals surface area contributed by atoms with Crippen molar-refractivity contribution < 1.29 is 23.4 Å². The quantitative estimate of drug-likeness (QED) is 0.880. The summed E-state index contributed by atoms with van der Waals surface area (Å²) < 4.78 is 30.6. The number of nitrogens with zero attached hydrogens (tertiary/aromatic N) is 2. The first-order chi connectivity index (χ1) is 8.38. The summed E-state index contributed by atoms with van der Waals surface area (Å²) in [7, 11) is 1.42. The summed E-state index contributed by atoms with van der Waals surface area (Å²) in [5.41, 5.74) is -1.37. The van der Waals surface area contributed by atoms with Gasteiger partial charge in [0.2, 0.25) is 0 Å². The highest BCUT2D eigenvalue weighted by atomic mass is 19.3. The van der Waals surface area contributed by atoms with Crippen LogP contribution in [0.3, 0.4) is 0 Å². The molecule has 0 aliphatic carbocycles. The Morgan fingerprint density at radius 2 is 2.06 bits per heavy atom. The number of carboxylic acid groups (broad SMARTS) is 1. The number of ether oxygens (including phenoxy) is 1. The summed E-state index contributed by atoms with van der Waals surface area (Å²) in [6.45, 7) is 3.65.